The Morgan fingerprint density at radius 1 is 1.12 bits per heavy atom. The Balaban J connectivity index is 1.99. The van der Waals surface area contributed by atoms with Crippen LogP contribution >= 0.6 is 0 Å². The van der Waals surface area contributed by atoms with Gasteiger partial charge in [0.2, 0.25) is 0 Å². The van der Waals surface area contributed by atoms with Crippen LogP contribution in [0.4, 0.5) is 13.2 Å². The predicted octanol–water partition coefficient (Wildman–Crippen LogP) is 4.07. The molecule has 0 saturated heterocycles. The lowest BCUT2D eigenvalue weighted by molar-refractivity contribution is -0.123. The van der Waals surface area contributed by atoms with Crippen LogP contribution in [0.2, 0.25) is 0 Å². The molecule has 0 fully saturated rings. The van der Waals surface area contributed by atoms with Crippen LogP contribution < -0.4 is 14.8 Å². The number of hydrogen-bond acceptors (Lipinski definition) is 3. The highest BCUT2D eigenvalue weighted by atomic mass is 19.3. The van der Waals surface area contributed by atoms with Crippen LogP contribution in [0, 0.1) is 5.82 Å². The molecule has 1 amide bonds. The lowest BCUT2D eigenvalue weighted by atomic mass is 10.0. The third kappa shape index (κ3) is 5.70. The predicted molar refractivity (Wildman–Crippen MR) is 86.1 cm³/mol. The van der Waals surface area contributed by atoms with E-state index in [1.165, 1.54) is 30.3 Å². The molecule has 0 unspecified atom stereocenters. The summed E-state index contributed by atoms with van der Waals surface area (Å²) in [5.41, 5.74) is 0.459. The summed E-state index contributed by atoms with van der Waals surface area (Å²) in [5, 5.41) is 2.72. The van der Waals surface area contributed by atoms with Crippen molar-refractivity contribution in [2.45, 2.75) is 26.0 Å². The summed E-state index contributed by atoms with van der Waals surface area (Å²) in [4.78, 5) is 12.1. The smallest absolute Gasteiger partial charge is 0.387 e. The molecule has 0 aromatic heterocycles. The van der Waals surface area contributed by atoms with Gasteiger partial charge in [-0.05, 0) is 36.8 Å². The van der Waals surface area contributed by atoms with Crippen LogP contribution in [-0.4, -0.2) is 19.1 Å². The summed E-state index contributed by atoms with van der Waals surface area (Å²) in [5.74, 6) is -0.461. The second kappa shape index (κ2) is 8.96. The van der Waals surface area contributed by atoms with Gasteiger partial charge in [0.25, 0.3) is 5.91 Å². The van der Waals surface area contributed by atoms with Crippen LogP contribution in [0.3, 0.4) is 0 Å². The quantitative estimate of drug-likeness (QED) is 0.778. The van der Waals surface area contributed by atoms with Gasteiger partial charge in [0.1, 0.15) is 17.3 Å². The highest BCUT2D eigenvalue weighted by Crippen LogP contribution is 2.28. The maximum absolute atomic E-state index is 12.8. The minimum atomic E-state index is -2.95. The highest BCUT2D eigenvalue weighted by molar-refractivity contribution is 5.78. The number of nitrogens with one attached hydrogen (secondary N) is 1. The first kappa shape index (κ1) is 18.6. The van der Waals surface area contributed by atoms with Crippen molar-refractivity contribution < 1.29 is 27.4 Å². The van der Waals surface area contributed by atoms with Crippen molar-refractivity contribution >= 4 is 5.91 Å². The van der Waals surface area contributed by atoms with E-state index >= 15 is 0 Å². The SMILES string of the molecule is CC[C@@H](NC(=O)COc1ccc(F)cc1)c1ccccc1OC(F)F. The topological polar surface area (TPSA) is 47.6 Å². The summed E-state index contributed by atoms with van der Waals surface area (Å²) in [6, 6.07) is 11.1. The average Bonchev–Trinajstić information content (AvgIpc) is 2.59. The zero-order valence-electron chi connectivity index (χ0n) is 13.5. The molecule has 1 N–H and O–H groups in total. The number of halogens is 3. The van der Waals surface area contributed by atoms with Gasteiger partial charge in [0.05, 0.1) is 6.04 Å². The second-order valence-electron chi connectivity index (χ2n) is 5.19. The summed E-state index contributed by atoms with van der Waals surface area (Å²) in [7, 11) is 0. The number of hydrogen-bond donors (Lipinski definition) is 1. The van der Waals surface area contributed by atoms with Gasteiger partial charge in [-0.1, -0.05) is 25.1 Å². The summed E-state index contributed by atoms with van der Waals surface area (Å²) < 4.78 is 47.6. The van der Waals surface area contributed by atoms with Crippen molar-refractivity contribution in [3.8, 4) is 11.5 Å². The maximum atomic E-state index is 12.8. The fraction of sp³-hybridized carbons (Fsp3) is 0.278. The summed E-state index contributed by atoms with van der Waals surface area (Å²) in [6.07, 6.45) is 0.478. The van der Waals surface area contributed by atoms with Gasteiger partial charge in [0.15, 0.2) is 6.61 Å². The van der Waals surface area contributed by atoms with E-state index in [-0.39, 0.29) is 12.4 Å². The van der Waals surface area contributed by atoms with Crippen molar-refractivity contribution in [1.82, 2.24) is 5.32 Å². The van der Waals surface area contributed by atoms with E-state index in [0.29, 0.717) is 17.7 Å². The van der Waals surface area contributed by atoms with Crippen LogP contribution in [-0.2, 0) is 4.79 Å². The van der Waals surface area contributed by atoms with Gasteiger partial charge in [0, 0.05) is 5.56 Å². The number of alkyl halides is 2. The Hall–Kier alpha value is -2.70. The monoisotopic (exact) mass is 353 g/mol. The van der Waals surface area contributed by atoms with E-state index < -0.39 is 24.4 Å². The summed E-state index contributed by atoms with van der Waals surface area (Å²) >= 11 is 0. The normalized spacial score (nSPS) is 11.9. The first-order valence-corrected chi connectivity index (χ1v) is 7.71. The highest BCUT2D eigenvalue weighted by Gasteiger charge is 2.19. The molecule has 0 radical (unpaired) electrons. The minimum Gasteiger partial charge on any atom is -0.484 e. The largest absolute Gasteiger partial charge is 0.484 e. The van der Waals surface area contributed by atoms with Gasteiger partial charge in [-0.3, -0.25) is 4.79 Å². The molecule has 25 heavy (non-hydrogen) atoms. The third-order valence-electron chi connectivity index (χ3n) is 3.44. The molecule has 2 aromatic rings. The molecule has 1 atom stereocenters. The molecular weight excluding hydrogens is 335 g/mol. The van der Waals surface area contributed by atoms with E-state index in [4.69, 9.17) is 4.74 Å². The Morgan fingerprint density at radius 2 is 1.80 bits per heavy atom. The zero-order valence-corrected chi connectivity index (χ0v) is 13.5. The van der Waals surface area contributed by atoms with Crippen LogP contribution in [0.5, 0.6) is 11.5 Å². The van der Waals surface area contributed by atoms with Crippen molar-refractivity contribution in [2.24, 2.45) is 0 Å². The zero-order chi connectivity index (χ0) is 18.2. The lowest BCUT2D eigenvalue weighted by Crippen LogP contribution is -2.32. The molecule has 2 aromatic carbocycles. The van der Waals surface area contributed by atoms with Crippen LogP contribution in [0.15, 0.2) is 48.5 Å². The Labute approximate surface area is 143 Å². The maximum Gasteiger partial charge on any atom is 0.387 e. The molecule has 7 heteroatoms. The number of benzene rings is 2. The lowest BCUT2D eigenvalue weighted by Gasteiger charge is -2.20. The average molecular weight is 353 g/mol. The van der Waals surface area contributed by atoms with Gasteiger partial charge in [-0.15, -0.1) is 0 Å². The second-order valence-corrected chi connectivity index (χ2v) is 5.19. The van der Waals surface area contributed by atoms with Crippen LogP contribution in [0.25, 0.3) is 0 Å². The molecule has 0 saturated carbocycles. The first-order valence-electron chi connectivity index (χ1n) is 7.71. The first-order chi connectivity index (χ1) is 12.0. The molecular formula is C18H18F3NO3. The van der Waals surface area contributed by atoms with Gasteiger partial charge in [-0.2, -0.15) is 8.78 Å². The number of amides is 1. The fourth-order valence-corrected chi connectivity index (χ4v) is 2.29. The van der Waals surface area contributed by atoms with Gasteiger partial charge >= 0.3 is 6.61 Å². The third-order valence-corrected chi connectivity index (χ3v) is 3.44. The minimum absolute atomic E-state index is 0.0177. The number of carbonyl (C=O) groups is 1. The van der Waals surface area contributed by atoms with Crippen molar-refractivity contribution in [3.05, 3.63) is 59.9 Å². The molecule has 2 rings (SSSR count). The fourth-order valence-electron chi connectivity index (χ4n) is 2.29. The van der Waals surface area contributed by atoms with E-state index in [1.807, 2.05) is 6.92 Å². The van der Waals surface area contributed by atoms with E-state index in [9.17, 15) is 18.0 Å². The number of carbonyl (C=O) groups excluding carboxylic acids is 1. The standard InChI is InChI=1S/C18H18F3NO3/c1-2-15(14-5-3-4-6-16(14)25-18(20)21)22-17(23)11-24-13-9-7-12(19)8-10-13/h3-10,15,18H,2,11H2,1H3,(H,22,23)/t15-/m1/s1. The van der Waals surface area contributed by atoms with Crippen molar-refractivity contribution in [3.63, 3.8) is 0 Å². The molecule has 0 aliphatic heterocycles. The van der Waals surface area contributed by atoms with Crippen molar-refractivity contribution in [2.75, 3.05) is 6.61 Å². The van der Waals surface area contributed by atoms with Crippen LogP contribution in [0.1, 0.15) is 24.9 Å². The number of rotatable bonds is 8. The van der Waals surface area contributed by atoms with Gasteiger partial charge in [-0.25, -0.2) is 4.39 Å². The molecule has 0 aliphatic carbocycles. The van der Waals surface area contributed by atoms with Gasteiger partial charge < -0.3 is 14.8 Å². The summed E-state index contributed by atoms with van der Waals surface area (Å²) in [6.45, 7) is -1.42. The Kier molecular flexibility index (Phi) is 6.68. The van der Waals surface area contributed by atoms with E-state index in [1.54, 1.807) is 18.2 Å². The molecule has 134 valence electrons. The molecule has 0 heterocycles. The Morgan fingerprint density at radius 3 is 2.44 bits per heavy atom. The molecule has 0 spiro atoms. The molecule has 4 nitrogen and oxygen atoms in total. The van der Waals surface area contributed by atoms with E-state index in [0.717, 1.165) is 0 Å². The number of para-hydroxylation sites is 1. The molecule has 0 aliphatic rings. The molecule has 0 bridgehead atoms. The number of ether oxygens (including phenoxy) is 2. The van der Waals surface area contributed by atoms with Crippen molar-refractivity contribution in [1.29, 1.82) is 0 Å². The Bertz CT molecular complexity index is 692. The van der Waals surface area contributed by atoms with E-state index in [2.05, 4.69) is 10.1 Å².